The van der Waals surface area contributed by atoms with Gasteiger partial charge < -0.3 is 9.84 Å². The number of pyridine rings is 1. The van der Waals surface area contributed by atoms with Gasteiger partial charge in [0, 0.05) is 12.4 Å². The topological polar surface area (TPSA) is 60.2 Å². The lowest BCUT2D eigenvalue weighted by atomic mass is 10.2. The number of rotatable bonds is 6. The lowest BCUT2D eigenvalue weighted by Gasteiger charge is -2.13. The van der Waals surface area contributed by atoms with Crippen molar-refractivity contribution in [2.24, 2.45) is 0 Å². The maximum atomic E-state index is 13.1. The van der Waals surface area contributed by atoms with Crippen molar-refractivity contribution in [1.29, 1.82) is 0 Å². The summed E-state index contributed by atoms with van der Waals surface area (Å²) >= 11 is 0. The molecule has 138 valence electrons. The molecule has 0 saturated heterocycles. The number of hydrogen-bond donors (Lipinski definition) is 1. The second-order valence-electron chi connectivity index (χ2n) is 5.89. The quantitative estimate of drug-likeness (QED) is 0.727. The highest BCUT2D eigenvalue weighted by Crippen LogP contribution is 2.33. The zero-order chi connectivity index (χ0) is 18.7. The van der Waals surface area contributed by atoms with Crippen LogP contribution in [0.2, 0.25) is 0 Å². The summed E-state index contributed by atoms with van der Waals surface area (Å²) in [6.45, 7) is 1.84. The van der Waals surface area contributed by atoms with Gasteiger partial charge in [0.1, 0.15) is 18.5 Å². The molecular weight excluding hydrogens is 347 g/mol. The molecule has 0 bridgehead atoms. The van der Waals surface area contributed by atoms with E-state index in [-0.39, 0.29) is 24.1 Å². The summed E-state index contributed by atoms with van der Waals surface area (Å²) < 4.78 is 46.0. The van der Waals surface area contributed by atoms with Gasteiger partial charge in [-0.15, -0.1) is 0 Å². The van der Waals surface area contributed by atoms with Crippen LogP contribution in [0.3, 0.4) is 0 Å². The van der Waals surface area contributed by atoms with Crippen LogP contribution in [0.5, 0.6) is 5.75 Å². The Morgan fingerprint density at radius 2 is 2.08 bits per heavy atom. The zero-order valence-corrected chi connectivity index (χ0v) is 14.1. The third kappa shape index (κ3) is 3.96. The summed E-state index contributed by atoms with van der Waals surface area (Å²) in [7, 11) is 0. The van der Waals surface area contributed by atoms with Crippen LogP contribution in [0, 0.1) is 0 Å². The van der Waals surface area contributed by atoms with Crippen LogP contribution in [0.15, 0.2) is 42.7 Å². The first kappa shape index (κ1) is 18.2. The molecule has 0 radical (unpaired) electrons. The molecule has 2 heterocycles. The first-order chi connectivity index (χ1) is 12.4. The fourth-order valence-corrected chi connectivity index (χ4v) is 2.67. The second-order valence-corrected chi connectivity index (χ2v) is 5.89. The predicted octanol–water partition coefficient (Wildman–Crippen LogP) is 3.45. The largest absolute Gasteiger partial charge is 0.491 e. The average molecular weight is 365 g/mol. The molecule has 0 amide bonds. The van der Waals surface area contributed by atoms with Crippen molar-refractivity contribution >= 4 is 10.9 Å². The SMILES string of the molecule is CCc1cccc(OCC(O)Cn2nc(C(F)(F)F)c3cnccc32)c1. The molecule has 2 aromatic heterocycles. The second kappa shape index (κ2) is 7.33. The van der Waals surface area contributed by atoms with E-state index in [0.29, 0.717) is 5.75 Å². The van der Waals surface area contributed by atoms with E-state index in [2.05, 4.69) is 10.1 Å². The van der Waals surface area contributed by atoms with E-state index >= 15 is 0 Å². The molecule has 1 N–H and O–H groups in total. The van der Waals surface area contributed by atoms with Crippen molar-refractivity contribution in [2.45, 2.75) is 32.2 Å². The van der Waals surface area contributed by atoms with Gasteiger partial charge in [0.25, 0.3) is 0 Å². The van der Waals surface area contributed by atoms with Gasteiger partial charge in [-0.05, 0) is 30.2 Å². The van der Waals surface area contributed by atoms with Gasteiger partial charge in [-0.3, -0.25) is 9.67 Å². The molecule has 1 unspecified atom stereocenters. The first-order valence-electron chi connectivity index (χ1n) is 8.16. The van der Waals surface area contributed by atoms with E-state index in [1.807, 2.05) is 25.1 Å². The molecule has 0 saturated carbocycles. The van der Waals surface area contributed by atoms with Crippen LogP contribution in [0.1, 0.15) is 18.2 Å². The van der Waals surface area contributed by atoms with Crippen molar-refractivity contribution in [3.8, 4) is 5.75 Å². The van der Waals surface area contributed by atoms with Crippen LogP contribution < -0.4 is 4.74 Å². The molecule has 1 aromatic carbocycles. The number of aliphatic hydroxyl groups excluding tert-OH is 1. The molecule has 3 aromatic rings. The number of alkyl halides is 3. The van der Waals surface area contributed by atoms with Crippen LogP contribution in [0.25, 0.3) is 10.9 Å². The highest BCUT2D eigenvalue weighted by atomic mass is 19.4. The van der Waals surface area contributed by atoms with Gasteiger partial charge in [-0.2, -0.15) is 18.3 Å². The van der Waals surface area contributed by atoms with Gasteiger partial charge in [0.2, 0.25) is 0 Å². The maximum Gasteiger partial charge on any atom is 0.435 e. The van der Waals surface area contributed by atoms with E-state index in [9.17, 15) is 18.3 Å². The molecule has 0 aliphatic heterocycles. The van der Waals surface area contributed by atoms with Gasteiger partial charge in [0.15, 0.2) is 5.69 Å². The zero-order valence-electron chi connectivity index (χ0n) is 14.1. The van der Waals surface area contributed by atoms with E-state index in [4.69, 9.17) is 4.74 Å². The fraction of sp³-hybridized carbons (Fsp3) is 0.333. The van der Waals surface area contributed by atoms with Gasteiger partial charge in [0.05, 0.1) is 17.4 Å². The third-order valence-corrected chi connectivity index (χ3v) is 3.95. The number of ether oxygens (including phenoxy) is 1. The highest BCUT2D eigenvalue weighted by molar-refractivity contribution is 5.81. The summed E-state index contributed by atoms with van der Waals surface area (Å²) in [5, 5.41) is 13.7. The van der Waals surface area contributed by atoms with Crippen molar-refractivity contribution < 1.29 is 23.0 Å². The van der Waals surface area contributed by atoms with Crippen molar-refractivity contribution in [3.63, 3.8) is 0 Å². The monoisotopic (exact) mass is 365 g/mol. The van der Waals surface area contributed by atoms with E-state index in [1.54, 1.807) is 6.07 Å². The number of hydrogen-bond acceptors (Lipinski definition) is 4. The molecule has 26 heavy (non-hydrogen) atoms. The van der Waals surface area contributed by atoms with Crippen LogP contribution in [0.4, 0.5) is 13.2 Å². The summed E-state index contributed by atoms with van der Waals surface area (Å²) in [6.07, 6.45) is -2.24. The minimum Gasteiger partial charge on any atom is -0.491 e. The molecule has 0 fully saturated rings. The summed E-state index contributed by atoms with van der Waals surface area (Å²) in [5.41, 5.74) is 0.348. The number of aliphatic hydroxyl groups is 1. The van der Waals surface area contributed by atoms with Crippen molar-refractivity contribution in [1.82, 2.24) is 14.8 Å². The van der Waals surface area contributed by atoms with Gasteiger partial charge in [-0.1, -0.05) is 19.1 Å². The fourth-order valence-electron chi connectivity index (χ4n) is 2.67. The van der Waals surface area contributed by atoms with Crippen LogP contribution in [-0.2, 0) is 19.1 Å². The Labute approximate surface area is 148 Å². The smallest absolute Gasteiger partial charge is 0.435 e. The minimum absolute atomic E-state index is 0.0546. The highest BCUT2D eigenvalue weighted by Gasteiger charge is 2.37. The van der Waals surface area contributed by atoms with Crippen LogP contribution in [-0.4, -0.2) is 32.6 Å². The number of nitrogens with zero attached hydrogens (tertiary/aromatic N) is 3. The minimum atomic E-state index is -4.59. The summed E-state index contributed by atoms with van der Waals surface area (Å²) in [5.74, 6) is 0.605. The van der Waals surface area contributed by atoms with E-state index < -0.39 is 18.0 Å². The maximum absolute atomic E-state index is 13.1. The molecule has 0 aliphatic rings. The van der Waals surface area contributed by atoms with E-state index in [0.717, 1.165) is 22.9 Å². The Morgan fingerprint density at radius 3 is 2.81 bits per heavy atom. The summed E-state index contributed by atoms with van der Waals surface area (Å²) in [6, 6.07) is 8.89. The van der Waals surface area contributed by atoms with Crippen LogP contribution >= 0.6 is 0 Å². The lowest BCUT2D eigenvalue weighted by molar-refractivity contribution is -0.140. The number of fused-ring (bicyclic) bond motifs is 1. The lowest BCUT2D eigenvalue weighted by Crippen LogP contribution is -2.24. The third-order valence-electron chi connectivity index (χ3n) is 3.95. The molecule has 8 heteroatoms. The molecule has 0 aliphatic carbocycles. The average Bonchev–Trinajstić information content (AvgIpc) is 2.99. The number of benzene rings is 1. The standard InChI is InChI=1S/C18H18F3N3O2/c1-2-12-4-3-5-14(8-12)26-11-13(25)10-24-16-6-7-22-9-15(16)17(23-24)18(19,20)21/h3-9,13,25H,2,10-11H2,1H3. The normalized spacial score (nSPS) is 13.1. The molecule has 1 atom stereocenters. The molecule has 5 nitrogen and oxygen atoms in total. The molecule has 3 rings (SSSR count). The number of halogens is 3. The Kier molecular flexibility index (Phi) is 5.13. The van der Waals surface area contributed by atoms with Gasteiger partial charge in [-0.25, -0.2) is 0 Å². The molecular formula is C18H18F3N3O2. The Hall–Kier alpha value is -2.61. The Morgan fingerprint density at radius 1 is 1.27 bits per heavy atom. The van der Waals surface area contributed by atoms with Crippen molar-refractivity contribution in [3.05, 3.63) is 54.0 Å². The van der Waals surface area contributed by atoms with Gasteiger partial charge >= 0.3 is 6.18 Å². The van der Waals surface area contributed by atoms with Crippen molar-refractivity contribution in [2.75, 3.05) is 6.61 Å². The first-order valence-corrected chi connectivity index (χ1v) is 8.16. The number of aromatic nitrogens is 3. The Balaban J connectivity index is 1.74. The Bertz CT molecular complexity index is 893. The molecule has 0 spiro atoms. The summed E-state index contributed by atoms with van der Waals surface area (Å²) in [4.78, 5) is 3.73. The predicted molar refractivity (Wildman–Crippen MR) is 89.9 cm³/mol. The van der Waals surface area contributed by atoms with E-state index in [1.165, 1.54) is 12.3 Å². The number of aryl methyl sites for hydroxylation is 1.